The fraction of sp³-hybridized carbons (Fsp3) is 0.136. The van der Waals surface area contributed by atoms with Crippen molar-refractivity contribution in [3.63, 3.8) is 0 Å². The van der Waals surface area contributed by atoms with Crippen LogP contribution in [0.5, 0.6) is 0 Å². The van der Waals surface area contributed by atoms with Crippen LogP contribution in [0.3, 0.4) is 0 Å². The van der Waals surface area contributed by atoms with Gasteiger partial charge < -0.3 is 10.3 Å². The van der Waals surface area contributed by atoms with Gasteiger partial charge in [-0.05, 0) is 43.2 Å². The number of hydrogen-bond acceptors (Lipinski definition) is 1. The second kappa shape index (κ2) is 5.78. The molecule has 0 saturated carbocycles. The van der Waals surface area contributed by atoms with Crippen LogP contribution in [0.2, 0.25) is 0 Å². The Balaban J connectivity index is 2.06. The van der Waals surface area contributed by atoms with Gasteiger partial charge in [0.15, 0.2) is 0 Å². The predicted molar refractivity (Wildman–Crippen MR) is 103 cm³/mol. The number of nitrogens with two attached hydrogens (primary N) is 1. The predicted octanol–water partition coefficient (Wildman–Crippen LogP) is 4.56. The smallest absolute Gasteiger partial charge is 0.249 e. The van der Waals surface area contributed by atoms with Crippen LogP contribution in [0, 0.1) is 13.8 Å². The normalized spacial score (nSPS) is 11.3. The molecule has 1 heterocycles. The zero-order valence-corrected chi connectivity index (χ0v) is 14.4. The molecule has 0 aliphatic carbocycles. The second-order valence-electron chi connectivity index (χ2n) is 6.66. The minimum absolute atomic E-state index is 0.388. The highest BCUT2D eigenvalue weighted by Gasteiger charge is 2.16. The van der Waals surface area contributed by atoms with E-state index in [0.29, 0.717) is 5.56 Å². The number of benzene rings is 3. The standard InChI is InChI=1S/C22H20N2O/c1-14-5-3-6-16(11-14)13-24-19-8-4-7-18(22(23)25)21(19)17-10-9-15(2)12-20(17)24/h3-12H,13H2,1-2H3,(H2,23,25). The number of hydrogen-bond donors (Lipinski definition) is 1. The average molecular weight is 328 g/mol. The topological polar surface area (TPSA) is 48.0 Å². The first-order valence-electron chi connectivity index (χ1n) is 8.41. The molecule has 3 heteroatoms. The van der Waals surface area contributed by atoms with E-state index in [1.165, 1.54) is 16.7 Å². The summed E-state index contributed by atoms with van der Waals surface area (Å²) in [6, 6.07) is 20.6. The molecule has 0 spiro atoms. The van der Waals surface area contributed by atoms with Gasteiger partial charge in [-0.25, -0.2) is 0 Å². The summed E-state index contributed by atoms with van der Waals surface area (Å²) in [6.07, 6.45) is 0. The zero-order chi connectivity index (χ0) is 17.6. The third-order valence-corrected chi connectivity index (χ3v) is 4.74. The number of carbonyl (C=O) groups is 1. The number of carbonyl (C=O) groups excluding carboxylic acids is 1. The van der Waals surface area contributed by atoms with E-state index in [-0.39, 0.29) is 5.91 Å². The van der Waals surface area contributed by atoms with Gasteiger partial charge in [-0.2, -0.15) is 0 Å². The number of aryl methyl sites for hydroxylation is 2. The van der Waals surface area contributed by atoms with Gasteiger partial charge in [0.05, 0.1) is 5.52 Å². The highest BCUT2D eigenvalue weighted by molar-refractivity contribution is 6.17. The number of rotatable bonds is 3. The van der Waals surface area contributed by atoms with Gasteiger partial charge >= 0.3 is 0 Å². The molecule has 0 saturated heterocycles. The van der Waals surface area contributed by atoms with Crippen molar-refractivity contribution < 1.29 is 4.79 Å². The van der Waals surface area contributed by atoms with Crippen LogP contribution in [0.4, 0.5) is 0 Å². The molecule has 2 N–H and O–H groups in total. The summed E-state index contributed by atoms with van der Waals surface area (Å²) in [5, 5.41) is 2.01. The van der Waals surface area contributed by atoms with Crippen molar-refractivity contribution in [2.45, 2.75) is 20.4 Å². The SMILES string of the molecule is Cc1cccc(Cn2c3cc(C)ccc3c3c(C(N)=O)cccc32)c1. The van der Waals surface area contributed by atoms with E-state index in [1.54, 1.807) is 6.07 Å². The molecule has 0 bridgehead atoms. The lowest BCUT2D eigenvalue weighted by atomic mass is 10.1. The molecule has 0 aliphatic rings. The van der Waals surface area contributed by atoms with E-state index in [9.17, 15) is 4.79 Å². The van der Waals surface area contributed by atoms with Crippen LogP contribution in [0.25, 0.3) is 21.8 Å². The molecular formula is C22H20N2O. The summed E-state index contributed by atoms with van der Waals surface area (Å²) < 4.78 is 2.28. The summed E-state index contributed by atoms with van der Waals surface area (Å²) in [5.74, 6) is -0.388. The van der Waals surface area contributed by atoms with Crippen molar-refractivity contribution in [1.29, 1.82) is 0 Å². The molecule has 4 rings (SSSR count). The molecule has 0 fully saturated rings. The lowest BCUT2D eigenvalue weighted by Crippen LogP contribution is -2.11. The van der Waals surface area contributed by atoms with Crippen LogP contribution >= 0.6 is 0 Å². The molecule has 0 atom stereocenters. The number of nitrogens with zero attached hydrogens (tertiary/aromatic N) is 1. The molecule has 1 amide bonds. The molecule has 0 aliphatic heterocycles. The lowest BCUT2D eigenvalue weighted by molar-refractivity contribution is 0.100. The Kier molecular flexibility index (Phi) is 3.57. The first kappa shape index (κ1) is 15.5. The van der Waals surface area contributed by atoms with Crippen molar-refractivity contribution >= 4 is 27.7 Å². The van der Waals surface area contributed by atoms with Crippen molar-refractivity contribution in [3.8, 4) is 0 Å². The van der Waals surface area contributed by atoms with Crippen LogP contribution in [0.1, 0.15) is 27.0 Å². The van der Waals surface area contributed by atoms with E-state index >= 15 is 0 Å². The maximum atomic E-state index is 12.0. The Morgan fingerprint density at radius 1 is 0.920 bits per heavy atom. The summed E-state index contributed by atoms with van der Waals surface area (Å²) in [7, 11) is 0. The lowest BCUT2D eigenvalue weighted by Gasteiger charge is -2.09. The molecule has 0 unspecified atom stereocenters. The third-order valence-electron chi connectivity index (χ3n) is 4.74. The first-order valence-corrected chi connectivity index (χ1v) is 8.41. The minimum atomic E-state index is -0.388. The highest BCUT2D eigenvalue weighted by atomic mass is 16.1. The number of aromatic nitrogens is 1. The Morgan fingerprint density at radius 3 is 2.44 bits per heavy atom. The van der Waals surface area contributed by atoms with E-state index in [1.807, 2.05) is 6.07 Å². The van der Waals surface area contributed by atoms with Crippen LogP contribution < -0.4 is 5.73 Å². The van der Waals surface area contributed by atoms with E-state index in [4.69, 9.17) is 5.73 Å². The van der Waals surface area contributed by atoms with Gasteiger partial charge in [-0.15, -0.1) is 0 Å². The van der Waals surface area contributed by atoms with E-state index in [0.717, 1.165) is 28.4 Å². The molecule has 25 heavy (non-hydrogen) atoms. The fourth-order valence-corrected chi connectivity index (χ4v) is 3.62. The largest absolute Gasteiger partial charge is 0.366 e. The summed E-state index contributed by atoms with van der Waals surface area (Å²) in [4.78, 5) is 12.0. The molecule has 3 nitrogen and oxygen atoms in total. The Hall–Kier alpha value is -3.07. The summed E-state index contributed by atoms with van der Waals surface area (Å²) in [5.41, 5.74) is 12.1. The average Bonchev–Trinajstić information content (AvgIpc) is 2.88. The van der Waals surface area contributed by atoms with Gasteiger partial charge in [0.2, 0.25) is 5.91 Å². The minimum Gasteiger partial charge on any atom is -0.366 e. The molecule has 1 aromatic heterocycles. The fourth-order valence-electron chi connectivity index (χ4n) is 3.62. The van der Waals surface area contributed by atoms with Gasteiger partial charge in [-0.1, -0.05) is 48.0 Å². The molecule has 3 aromatic carbocycles. The molecule has 124 valence electrons. The zero-order valence-electron chi connectivity index (χ0n) is 14.4. The monoisotopic (exact) mass is 328 g/mol. The molecule has 0 radical (unpaired) electrons. The Morgan fingerprint density at radius 2 is 1.68 bits per heavy atom. The van der Waals surface area contributed by atoms with Gasteiger partial charge in [0.1, 0.15) is 0 Å². The maximum absolute atomic E-state index is 12.0. The number of fused-ring (bicyclic) bond motifs is 3. The quantitative estimate of drug-likeness (QED) is 0.589. The van der Waals surface area contributed by atoms with Crippen molar-refractivity contribution in [1.82, 2.24) is 4.57 Å². The second-order valence-corrected chi connectivity index (χ2v) is 6.66. The first-order chi connectivity index (χ1) is 12.0. The summed E-state index contributed by atoms with van der Waals surface area (Å²) in [6.45, 7) is 4.95. The highest BCUT2D eigenvalue weighted by Crippen LogP contribution is 2.32. The maximum Gasteiger partial charge on any atom is 0.249 e. The number of amides is 1. The van der Waals surface area contributed by atoms with Gasteiger partial charge in [0, 0.05) is 28.4 Å². The Labute approximate surface area is 146 Å². The van der Waals surface area contributed by atoms with Crippen LogP contribution in [0.15, 0.2) is 60.7 Å². The molecule has 4 aromatic rings. The molecular weight excluding hydrogens is 308 g/mol. The van der Waals surface area contributed by atoms with Gasteiger partial charge in [-0.3, -0.25) is 4.79 Å². The van der Waals surface area contributed by atoms with E-state index in [2.05, 4.69) is 66.9 Å². The third kappa shape index (κ3) is 2.58. The van der Waals surface area contributed by atoms with Gasteiger partial charge in [0.25, 0.3) is 0 Å². The van der Waals surface area contributed by atoms with Crippen molar-refractivity contribution in [3.05, 3.63) is 82.9 Å². The Bertz CT molecular complexity index is 1120. The van der Waals surface area contributed by atoms with Crippen LogP contribution in [-0.2, 0) is 6.54 Å². The van der Waals surface area contributed by atoms with Crippen LogP contribution in [-0.4, -0.2) is 10.5 Å². The summed E-state index contributed by atoms with van der Waals surface area (Å²) >= 11 is 0. The van der Waals surface area contributed by atoms with Crippen molar-refractivity contribution in [2.24, 2.45) is 5.73 Å². The number of primary amides is 1. The van der Waals surface area contributed by atoms with Crippen molar-refractivity contribution in [2.75, 3.05) is 0 Å². The van der Waals surface area contributed by atoms with E-state index < -0.39 is 0 Å².